The number of aliphatic carboxylic acids is 1. The molecule has 0 amide bonds. The maximum absolute atomic E-state index is 11.4. The number of carboxylic acid groups (broad SMARTS) is 1. The van der Waals surface area contributed by atoms with Crippen molar-refractivity contribution in [1.82, 2.24) is 4.57 Å². The largest absolute Gasteiger partial charge is 0.495 e. The smallest absolute Gasteiger partial charge is 0.309 e. The minimum Gasteiger partial charge on any atom is -0.495 e. The summed E-state index contributed by atoms with van der Waals surface area (Å²) in [4.78, 5) is 11.4. The molecule has 1 aromatic heterocycles. The summed E-state index contributed by atoms with van der Waals surface area (Å²) < 4.78 is 7.63. The first-order valence-electron chi connectivity index (χ1n) is 7.17. The molecule has 0 aliphatic rings. The maximum Gasteiger partial charge on any atom is 0.309 e. The van der Waals surface area contributed by atoms with E-state index in [0.717, 1.165) is 22.2 Å². The zero-order chi connectivity index (χ0) is 15.8. The summed E-state index contributed by atoms with van der Waals surface area (Å²) in [5.41, 5.74) is 1.29. The molecule has 2 rings (SSSR count). The Morgan fingerprint density at radius 1 is 1.38 bits per heavy atom. The van der Waals surface area contributed by atoms with Gasteiger partial charge in [0.1, 0.15) is 5.75 Å². The molecule has 0 fully saturated rings. The van der Waals surface area contributed by atoms with Gasteiger partial charge in [-0.3, -0.25) is 4.79 Å². The maximum atomic E-state index is 11.4. The van der Waals surface area contributed by atoms with Crippen LogP contribution in [0.3, 0.4) is 0 Å². The van der Waals surface area contributed by atoms with Gasteiger partial charge in [-0.2, -0.15) is 0 Å². The summed E-state index contributed by atoms with van der Waals surface area (Å²) in [7, 11) is 1.66. The molecule has 1 N–H and O–H groups in total. The van der Waals surface area contributed by atoms with Crippen molar-refractivity contribution < 1.29 is 14.6 Å². The molecule has 1 aromatic carbocycles. The summed E-state index contributed by atoms with van der Waals surface area (Å²) in [5.74, 6) is 0.0384. The molecule has 0 aliphatic heterocycles. The second-order valence-corrected chi connectivity index (χ2v) is 6.38. The molecule has 0 atom stereocenters. The highest BCUT2D eigenvalue weighted by Gasteiger charge is 2.29. The molecule has 0 spiro atoms. The average molecular weight is 289 g/mol. The summed E-state index contributed by atoms with van der Waals surface area (Å²) in [6.45, 7) is 7.73. The van der Waals surface area contributed by atoms with Crippen LogP contribution in [0.4, 0.5) is 0 Å². The van der Waals surface area contributed by atoms with E-state index in [1.165, 1.54) is 0 Å². The van der Waals surface area contributed by atoms with Crippen LogP contribution >= 0.6 is 0 Å². The van der Waals surface area contributed by atoms with Crippen LogP contribution in [0, 0.1) is 5.41 Å². The molecule has 0 bridgehead atoms. The van der Waals surface area contributed by atoms with Crippen molar-refractivity contribution in [3.63, 3.8) is 0 Å². The molecule has 4 heteroatoms. The lowest BCUT2D eigenvalue weighted by Crippen LogP contribution is -2.26. The second kappa shape index (κ2) is 5.43. The van der Waals surface area contributed by atoms with Gasteiger partial charge in [-0.25, -0.2) is 0 Å². The molecular weight excluding hydrogens is 266 g/mol. The van der Waals surface area contributed by atoms with E-state index in [1.54, 1.807) is 21.0 Å². The molecule has 0 saturated carbocycles. The van der Waals surface area contributed by atoms with E-state index < -0.39 is 11.4 Å². The van der Waals surface area contributed by atoms with Crippen LogP contribution in [0.5, 0.6) is 5.75 Å². The zero-order valence-electron chi connectivity index (χ0n) is 13.3. The first-order chi connectivity index (χ1) is 9.77. The molecule has 4 nitrogen and oxygen atoms in total. The Morgan fingerprint density at radius 2 is 2.05 bits per heavy atom. The van der Waals surface area contributed by atoms with Crippen LogP contribution in [-0.4, -0.2) is 22.8 Å². The number of hydrogen-bond donors (Lipinski definition) is 1. The second-order valence-electron chi connectivity index (χ2n) is 6.38. The van der Waals surface area contributed by atoms with E-state index >= 15 is 0 Å². The van der Waals surface area contributed by atoms with E-state index in [2.05, 4.69) is 24.6 Å². The molecule has 1 heterocycles. The Bertz CT molecular complexity index is 668. The summed E-state index contributed by atoms with van der Waals surface area (Å²) >= 11 is 0. The van der Waals surface area contributed by atoms with Crippen molar-refractivity contribution in [2.45, 2.75) is 40.2 Å². The van der Waals surface area contributed by atoms with Gasteiger partial charge in [0.2, 0.25) is 0 Å². The highest BCUT2D eigenvalue weighted by Crippen LogP contribution is 2.35. The number of para-hydroxylation sites is 1. The first kappa shape index (κ1) is 15.4. The average Bonchev–Trinajstić information content (AvgIpc) is 2.77. The molecule has 0 radical (unpaired) electrons. The highest BCUT2D eigenvalue weighted by atomic mass is 16.5. The number of rotatable bonds is 5. The number of ether oxygens (including phenoxy) is 1. The lowest BCUT2D eigenvalue weighted by Gasteiger charge is -2.18. The van der Waals surface area contributed by atoms with Gasteiger partial charge < -0.3 is 14.4 Å². The summed E-state index contributed by atoms with van der Waals surface area (Å²) in [5, 5.41) is 10.4. The Kier molecular flexibility index (Phi) is 3.99. The van der Waals surface area contributed by atoms with Gasteiger partial charge in [-0.15, -0.1) is 0 Å². The molecule has 0 aliphatic carbocycles. The van der Waals surface area contributed by atoms with Crippen molar-refractivity contribution in [2.24, 2.45) is 5.41 Å². The first-order valence-corrected chi connectivity index (χ1v) is 7.17. The summed E-state index contributed by atoms with van der Waals surface area (Å²) in [6.07, 6.45) is 2.55. The third-order valence-electron chi connectivity index (χ3n) is 3.89. The topological polar surface area (TPSA) is 51.5 Å². The van der Waals surface area contributed by atoms with Gasteiger partial charge in [0.05, 0.1) is 18.0 Å². The van der Waals surface area contributed by atoms with E-state index in [9.17, 15) is 9.90 Å². The number of aromatic nitrogens is 1. The van der Waals surface area contributed by atoms with Gasteiger partial charge in [0.25, 0.3) is 0 Å². The standard InChI is InChI=1S/C17H23NO3/c1-11(2)18-10-12(9-17(3,4)16(19)20)13-7-6-8-14(21-5)15(13)18/h6-8,10-11H,9H2,1-5H3,(H,19,20). The third kappa shape index (κ3) is 2.75. The Labute approximate surface area is 125 Å². The summed E-state index contributed by atoms with van der Waals surface area (Å²) in [6, 6.07) is 6.20. The molecule has 0 saturated heterocycles. The number of methoxy groups -OCH3 is 1. The van der Waals surface area contributed by atoms with Crippen LogP contribution in [0.1, 0.15) is 39.3 Å². The monoisotopic (exact) mass is 289 g/mol. The fraction of sp³-hybridized carbons (Fsp3) is 0.471. The zero-order valence-corrected chi connectivity index (χ0v) is 13.3. The molecule has 114 valence electrons. The van der Waals surface area contributed by atoms with E-state index in [0.29, 0.717) is 6.42 Å². The SMILES string of the molecule is COc1cccc2c(CC(C)(C)C(=O)O)cn(C(C)C)c12. The Balaban J connectivity index is 2.63. The van der Waals surface area contributed by atoms with Gasteiger partial charge in [0.15, 0.2) is 0 Å². The van der Waals surface area contributed by atoms with Crippen LogP contribution in [-0.2, 0) is 11.2 Å². The van der Waals surface area contributed by atoms with E-state index in [-0.39, 0.29) is 6.04 Å². The van der Waals surface area contributed by atoms with Crippen molar-refractivity contribution in [1.29, 1.82) is 0 Å². The molecule has 0 unspecified atom stereocenters. The lowest BCUT2D eigenvalue weighted by molar-refractivity contribution is -0.146. The number of benzene rings is 1. The predicted octanol–water partition coefficient (Wildman–Crippen LogP) is 3.88. The minimum absolute atomic E-state index is 0.283. The fourth-order valence-corrected chi connectivity index (χ4v) is 2.61. The van der Waals surface area contributed by atoms with E-state index in [1.807, 2.05) is 18.2 Å². The number of carboxylic acids is 1. The number of hydrogen-bond acceptors (Lipinski definition) is 2. The van der Waals surface area contributed by atoms with Crippen molar-refractivity contribution in [3.8, 4) is 5.75 Å². The molecule has 2 aromatic rings. The van der Waals surface area contributed by atoms with Crippen LogP contribution in [0.15, 0.2) is 24.4 Å². The van der Waals surface area contributed by atoms with Crippen molar-refractivity contribution in [3.05, 3.63) is 30.0 Å². The minimum atomic E-state index is -0.792. The van der Waals surface area contributed by atoms with Crippen LogP contribution < -0.4 is 4.74 Å². The van der Waals surface area contributed by atoms with Gasteiger partial charge in [0, 0.05) is 17.6 Å². The Morgan fingerprint density at radius 3 is 2.57 bits per heavy atom. The van der Waals surface area contributed by atoms with Gasteiger partial charge in [-0.1, -0.05) is 12.1 Å². The van der Waals surface area contributed by atoms with Crippen LogP contribution in [0.25, 0.3) is 10.9 Å². The predicted molar refractivity (Wildman–Crippen MR) is 84.0 cm³/mol. The van der Waals surface area contributed by atoms with E-state index in [4.69, 9.17) is 4.74 Å². The quantitative estimate of drug-likeness (QED) is 0.908. The third-order valence-corrected chi connectivity index (χ3v) is 3.89. The van der Waals surface area contributed by atoms with Gasteiger partial charge >= 0.3 is 5.97 Å². The number of carbonyl (C=O) groups is 1. The molecule has 21 heavy (non-hydrogen) atoms. The fourth-order valence-electron chi connectivity index (χ4n) is 2.61. The normalized spacial score (nSPS) is 12.1. The number of fused-ring (bicyclic) bond motifs is 1. The lowest BCUT2D eigenvalue weighted by atomic mass is 9.86. The molecular formula is C17H23NO3. The number of nitrogens with zero attached hydrogens (tertiary/aromatic N) is 1. The van der Waals surface area contributed by atoms with Crippen LogP contribution in [0.2, 0.25) is 0 Å². The van der Waals surface area contributed by atoms with Gasteiger partial charge in [-0.05, 0) is 45.7 Å². The highest BCUT2D eigenvalue weighted by molar-refractivity contribution is 5.90. The Hall–Kier alpha value is -1.97. The van der Waals surface area contributed by atoms with Crippen molar-refractivity contribution in [2.75, 3.05) is 7.11 Å². The van der Waals surface area contributed by atoms with Crippen molar-refractivity contribution >= 4 is 16.9 Å².